The van der Waals surface area contributed by atoms with Crippen LogP contribution in [0.25, 0.3) is 27.3 Å². The Bertz CT molecular complexity index is 743. The van der Waals surface area contributed by atoms with E-state index in [-0.39, 0.29) is 37.8 Å². The number of rotatable bonds is 2. The zero-order valence-electron chi connectivity index (χ0n) is 19.3. The van der Waals surface area contributed by atoms with Crippen LogP contribution >= 0.6 is 24.8 Å². The summed E-state index contributed by atoms with van der Waals surface area (Å²) in [6.07, 6.45) is 0. The Hall–Kier alpha value is 0.127. The smallest absolute Gasteiger partial charge is 0.0771 e. The van der Waals surface area contributed by atoms with Gasteiger partial charge in [0, 0.05) is 0 Å². The molecule has 0 fully saturated rings. The van der Waals surface area contributed by atoms with Gasteiger partial charge in [-0.1, -0.05) is 63.8 Å². The second kappa shape index (κ2) is 18.7. The molecule has 2 radical (unpaired) electrons. The molecule has 0 amide bonds. The summed E-state index contributed by atoms with van der Waals surface area (Å²) < 4.78 is 5.26. The zero-order chi connectivity index (χ0) is 21.1. The summed E-state index contributed by atoms with van der Waals surface area (Å²) in [4.78, 5) is 0. The predicted molar refractivity (Wildman–Crippen MR) is 142 cm³/mol. The van der Waals surface area contributed by atoms with Gasteiger partial charge in [0.2, 0.25) is 0 Å². The summed E-state index contributed by atoms with van der Waals surface area (Å²) >= 11 is 1.36. The van der Waals surface area contributed by atoms with Gasteiger partial charge in [0.15, 0.2) is 8.32 Å². The van der Waals surface area contributed by atoms with Crippen LogP contribution in [0.2, 0.25) is 19.6 Å². The minimum absolute atomic E-state index is 0. The summed E-state index contributed by atoms with van der Waals surface area (Å²) in [5.74, 6) is 0. The van der Waals surface area contributed by atoms with Gasteiger partial charge in [0.25, 0.3) is 0 Å². The van der Waals surface area contributed by atoms with Crippen LogP contribution in [-0.2, 0) is 27.8 Å². The van der Waals surface area contributed by atoms with E-state index in [1.807, 2.05) is 20.8 Å². The van der Waals surface area contributed by atoms with Crippen LogP contribution in [-0.4, -0.2) is 27.3 Å². The molecular weight excluding hydrogens is 525 g/mol. The normalized spacial score (nSPS) is 9.70. The van der Waals surface area contributed by atoms with Crippen LogP contribution in [0.5, 0.6) is 0 Å². The molecule has 0 saturated carbocycles. The molecule has 1 N–H and O–H groups in total. The molecule has 0 bridgehead atoms. The van der Waals surface area contributed by atoms with Crippen LogP contribution in [0, 0.1) is 14.4 Å². The summed E-state index contributed by atoms with van der Waals surface area (Å²) in [6.45, 7) is 19.3. The van der Waals surface area contributed by atoms with Gasteiger partial charge in [-0.05, 0) is 19.6 Å². The molecule has 0 atom stereocenters. The molecule has 170 valence electrons. The minimum atomic E-state index is -1.22. The number of hydrogen-bond acceptors (Lipinski definition) is 1. The maximum absolute atomic E-state index is 6.94. The number of hydrogen-bond donors (Lipinski definition) is 0. The Balaban J connectivity index is -0.000000174. The maximum Gasteiger partial charge on any atom is -0.0771 e. The molecule has 0 aromatic heterocycles. The van der Waals surface area contributed by atoms with Gasteiger partial charge in [-0.2, -0.15) is 0 Å². The molecule has 0 aliphatic heterocycles. The molecule has 0 aliphatic rings. The second-order valence-electron chi connectivity index (χ2n) is 8.03. The first-order valence-corrected chi connectivity index (χ1v) is 16.6. The van der Waals surface area contributed by atoms with Crippen LogP contribution in [0.15, 0.2) is 54.6 Å². The third-order valence-electron chi connectivity index (χ3n) is 3.06. The van der Waals surface area contributed by atoms with Crippen molar-refractivity contribution in [3.63, 3.8) is 0 Å². The molecular formula is C23H37Cl2NOSi2Zr-4. The van der Waals surface area contributed by atoms with E-state index in [2.05, 4.69) is 88.0 Å². The fourth-order valence-corrected chi connectivity index (χ4v) is 2.82. The van der Waals surface area contributed by atoms with E-state index < -0.39 is 8.32 Å². The molecule has 0 heterocycles. The van der Waals surface area contributed by atoms with Crippen molar-refractivity contribution in [1.29, 1.82) is 0 Å². The minimum Gasteiger partial charge on any atom is -0.126 e. The summed E-state index contributed by atoms with van der Waals surface area (Å²) in [7, 11) is -1.22. The number of nitrogens with one attached hydrogen (secondary N) is 1. The summed E-state index contributed by atoms with van der Waals surface area (Å²) in [6, 6.07) is 19.3. The largest absolute Gasteiger partial charge is 0.126 e. The van der Waals surface area contributed by atoms with Crippen molar-refractivity contribution in [2.24, 2.45) is 0 Å². The van der Waals surface area contributed by atoms with Crippen LogP contribution in [0.1, 0.15) is 20.8 Å². The van der Waals surface area contributed by atoms with Crippen molar-refractivity contribution >= 4 is 61.6 Å². The molecule has 0 spiro atoms. The Morgan fingerprint density at radius 2 is 1.23 bits per heavy atom. The van der Waals surface area contributed by atoms with Gasteiger partial charge in [-0.3, -0.25) is 0 Å². The van der Waals surface area contributed by atoms with Gasteiger partial charge in [-0.25, -0.2) is 0 Å². The standard InChI is InChI=1S/C13H9.C5H13OSi.C4H10N.CH3.2ClH.Si.Zr/c1-3-7-12-10(5-1)9-11-6-2-4-8-13(11)12;1-5-6-7(2,3)4;1-4(2,3)5;;;;;/h1-9H;1,5H2,2-4H3;5H,1-3H3;1H3;2*1H;;/q4*-1;;;;. The van der Waals surface area contributed by atoms with Gasteiger partial charge in [0.1, 0.15) is 0 Å². The molecule has 0 aliphatic carbocycles. The van der Waals surface area contributed by atoms with E-state index in [1.54, 1.807) is 0 Å². The van der Waals surface area contributed by atoms with Crippen LogP contribution < -0.4 is 0 Å². The van der Waals surface area contributed by atoms with Crippen molar-refractivity contribution in [2.75, 3.05) is 6.61 Å². The Morgan fingerprint density at radius 1 is 0.933 bits per heavy atom. The molecule has 3 aromatic carbocycles. The molecule has 3 aromatic rings. The van der Waals surface area contributed by atoms with Gasteiger partial charge in [-0.15, -0.1) is 70.1 Å². The fraction of sp³-hybridized carbons (Fsp3) is 0.348. The Labute approximate surface area is 215 Å². The van der Waals surface area contributed by atoms with Gasteiger partial charge >= 0.3 is 30.2 Å². The van der Waals surface area contributed by atoms with E-state index in [4.69, 9.17) is 10.2 Å². The third-order valence-corrected chi connectivity index (χ3v) is 4.13. The Morgan fingerprint density at radius 3 is 1.47 bits per heavy atom. The topological polar surface area (TPSA) is 33.0 Å². The van der Waals surface area contributed by atoms with E-state index in [0.29, 0.717) is 6.61 Å². The first-order chi connectivity index (χ1) is 12.5. The van der Waals surface area contributed by atoms with E-state index in [9.17, 15) is 0 Å². The molecule has 0 unspecified atom stereocenters. The average molecular weight is 562 g/mol. The average Bonchev–Trinajstić information content (AvgIpc) is 2.93. The van der Waals surface area contributed by atoms with Crippen molar-refractivity contribution in [2.45, 2.75) is 46.0 Å². The summed E-state index contributed by atoms with van der Waals surface area (Å²) in [5.41, 5.74) is 6.69. The molecule has 0 saturated heterocycles. The molecule has 3 rings (SSSR count). The van der Waals surface area contributed by atoms with Crippen molar-refractivity contribution in [1.82, 2.24) is 0 Å². The summed E-state index contributed by atoms with van der Waals surface area (Å²) in [5, 5.41) is 5.39. The van der Waals surface area contributed by atoms with E-state index in [1.165, 1.54) is 44.9 Å². The van der Waals surface area contributed by atoms with Crippen molar-refractivity contribution < 1.29 is 27.8 Å². The van der Waals surface area contributed by atoms with E-state index in [0.717, 1.165) is 0 Å². The number of fused-ring (bicyclic) bond motifs is 3. The third kappa shape index (κ3) is 17.8. The van der Waals surface area contributed by atoms with Gasteiger partial charge in [0.05, 0.1) is 0 Å². The predicted octanol–water partition coefficient (Wildman–Crippen LogP) is 8.13. The second-order valence-corrected chi connectivity index (χ2v) is 12.5. The molecule has 2 nitrogen and oxygen atoms in total. The first-order valence-electron chi connectivity index (χ1n) is 8.97. The molecule has 7 heteroatoms. The molecule has 30 heavy (non-hydrogen) atoms. The van der Waals surface area contributed by atoms with Gasteiger partial charge < -0.3 is 24.5 Å². The van der Waals surface area contributed by atoms with E-state index >= 15 is 0 Å². The number of halogens is 2. The monoisotopic (exact) mass is 559 g/mol. The van der Waals surface area contributed by atoms with Crippen molar-refractivity contribution in [3.8, 4) is 0 Å². The van der Waals surface area contributed by atoms with Crippen molar-refractivity contribution in [3.05, 3.63) is 74.7 Å². The van der Waals surface area contributed by atoms with Crippen LogP contribution in [0.4, 0.5) is 0 Å². The number of benzene rings is 2. The Kier molecular flexibility index (Phi) is 23.3. The quantitative estimate of drug-likeness (QED) is 0.230. The maximum atomic E-state index is 6.94. The zero-order valence-corrected chi connectivity index (χ0v) is 25.4. The van der Waals surface area contributed by atoms with Crippen LogP contribution in [0.3, 0.4) is 0 Å². The fourth-order valence-electron chi connectivity index (χ4n) is 2.21. The SMILES string of the molecule is CC(C)(C)[NH-].Cl.Cl.[CH2-]CO[Si](C)(C)C.[CH3-].[Si]=[Zr].c1ccc2c(c1)[cH-]c1ccccc12. The first kappa shape index (κ1) is 37.4.